The smallest absolute Gasteiger partial charge is 0.0588 e. The molecular formula is C13H31NO2. The normalized spacial score (nSPS) is 11.2. The zero-order chi connectivity index (χ0) is 13.0. The fourth-order valence-corrected chi connectivity index (χ4v) is 0.840. The molecule has 0 saturated heterocycles. The summed E-state index contributed by atoms with van der Waals surface area (Å²) in [5.74, 6) is 0.739. The van der Waals surface area contributed by atoms with E-state index in [9.17, 15) is 0 Å². The summed E-state index contributed by atoms with van der Waals surface area (Å²) in [4.78, 5) is 0. The second-order valence-electron chi connectivity index (χ2n) is 5.62. The van der Waals surface area contributed by atoms with E-state index in [1.807, 2.05) is 0 Å². The molecule has 0 heterocycles. The highest BCUT2D eigenvalue weighted by Gasteiger charge is 2.06. The molecule has 0 spiro atoms. The first-order valence-electron chi connectivity index (χ1n) is 6.22. The average Bonchev–Trinajstić information content (AvgIpc) is 2.11. The van der Waals surface area contributed by atoms with Gasteiger partial charge in [-0.1, -0.05) is 34.6 Å². The SMILES string of the molecule is CC(C)(C)CCO.CC(C)CCOCCN. The van der Waals surface area contributed by atoms with Gasteiger partial charge in [0.05, 0.1) is 6.61 Å². The maximum Gasteiger partial charge on any atom is 0.0588 e. The summed E-state index contributed by atoms with van der Waals surface area (Å²) < 4.78 is 5.17. The van der Waals surface area contributed by atoms with Crippen LogP contribution in [0.3, 0.4) is 0 Å². The Morgan fingerprint density at radius 2 is 1.75 bits per heavy atom. The van der Waals surface area contributed by atoms with Crippen molar-refractivity contribution in [3.05, 3.63) is 0 Å². The molecule has 3 N–H and O–H groups in total. The standard InChI is InChI=1S/C7H17NO.C6H14O/c1-7(2)3-5-9-6-4-8;1-6(2,3)4-5-7/h7H,3-6,8H2,1-2H3;7H,4-5H2,1-3H3. The lowest BCUT2D eigenvalue weighted by molar-refractivity contribution is 0.130. The van der Waals surface area contributed by atoms with Crippen molar-refractivity contribution in [3.8, 4) is 0 Å². The van der Waals surface area contributed by atoms with Crippen LogP contribution in [0.2, 0.25) is 0 Å². The van der Waals surface area contributed by atoms with E-state index in [1.165, 1.54) is 0 Å². The Balaban J connectivity index is 0. The van der Waals surface area contributed by atoms with Crippen LogP contribution in [-0.4, -0.2) is 31.5 Å². The van der Waals surface area contributed by atoms with Gasteiger partial charge in [-0.2, -0.15) is 0 Å². The first-order valence-corrected chi connectivity index (χ1v) is 6.22. The summed E-state index contributed by atoms with van der Waals surface area (Å²) in [6.07, 6.45) is 2.03. The molecular weight excluding hydrogens is 202 g/mol. The van der Waals surface area contributed by atoms with Crippen LogP contribution in [0.25, 0.3) is 0 Å². The van der Waals surface area contributed by atoms with Gasteiger partial charge in [0.15, 0.2) is 0 Å². The number of ether oxygens (including phenoxy) is 1. The number of aliphatic hydroxyl groups is 1. The van der Waals surface area contributed by atoms with Crippen molar-refractivity contribution in [2.75, 3.05) is 26.4 Å². The van der Waals surface area contributed by atoms with E-state index in [-0.39, 0.29) is 0 Å². The second kappa shape index (κ2) is 11.4. The molecule has 3 nitrogen and oxygen atoms in total. The number of hydrogen-bond donors (Lipinski definition) is 2. The van der Waals surface area contributed by atoms with Crippen LogP contribution < -0.4 is 5.73 Å². The molecule has 0 aromatic rings. The highest BCUT2D eigenvalue weighted by Crippen LogP contribution is 2.16. The van der Waals surface area contributed by atoms with Crippen LogP contribution in [0.1, 0.15) is 47.5 Å². The van der Waals surface area contributed by atoms with Crippen molar-refractivity contribution in [2.24, 2.45) is 17.1 Å². The molecule has 0 aromatic carbocycles. The summed E-state index contributed by atoms with van der Waals surface area (Å²) in [5.41, 5.74) is 5.52. The van der Waals surface area contributed by atoms with E-state index in [2.05, 4.69) is 34.6 Å². The summed E-state index contributed by atoms with van der Waals surface area (Å²) in [6.45, 7) is 13.2. The van der Waals surface area contributed by atoms with Crippen LogP contribution in [0, 0.1) is 11.3 Å². The molecule has 0 aliphatic rings. The Morgan fingerprint density at radius 1 is 1.19 bits per heavy atom. The molecule has 0 aromatic heterocycles. The van der Waals surface area contributed by atoms with Gasteiger partial charge in [0.1, 0.15) is 0 Å². The Bertz CT molecular complexity index is 130. The largest absolute Gasteiger partial charge is 0.396 e. The molecule has 0 unspecified atom stereocenters. The maximum absolute atomic E-state index is 8.40. The zero-order valence-corrected chi connectivity index (χ0v) is 11.8. The zero-order valence-electron chi connectivity index (χ0n) is 11.8. The van der Waals surface area contributed by atoms with Crippen molar-refractivity contribution in [1.82, 2.24) is 0 Å². The van der Waals surface area contributed by atoms with Gasteiger partial charge in [0.25, 0.3) is 0 Å². The molecule has 0 atom stereocenters. The Kier molecular flexibility index (Phi) is 13.0. The predicted octanol–water partition coefficient (Wildman–Crippen LogP) is 2.42. The van der Waals surface area contributed by atoms with Crippen molar-refractivity contribution >= 4 is 0 Å². The van der Waals surface area contributed by atoms with Gasteiger partial charge in [-0.25, -0.2) is 0 Å². The molecule has 0 amide bonds. The second-order valence-corrected chi connectivity index (χ2v) is 5.62. The van der Waals surface area contributed by atoms with Crippen LogP contribution in [0.15, 0.2) is 0 Å². The van der Waals surface area contributed by atoms with Gasteiger partial charge in [0.2, 0.25) is 0 Å². The lowest BCUT2D eigenvalue weighted by Crippen LogP contribution is -2.09. The minimum absolute atomic E-state index is 0.300. The minimum Gasteiger partial charge on any atom is -0.396 e. The van der Waals surface area contributed by atoms with Crippen LogP contribution in [-0.2, 0) is 4.74 Å². The van der Waals surface area contributed by atoms with Gasteiger partial charge in [0, 0.05) is 19.8 Å². The van der Waals surface area contributed by atoms with E-state index < -0.39 is 0 Å². The Hall–Kier alpha value is -0.120. The third-order valence-corrected chi connectivity index (χ3v) is 1.96. The molecule has 3 heteroatoms. The first-order chi connectivity index (χ1) is 7.33. The molecule has 0 rings (SSSR count). The van der Waals surface area contributed by atoms with Crippen molar-refractivity contribution < 1.29 is 9.84 Å². The number of hydrogen-bond acceptors (Lipinski definition) is 3. The third kappa shape index (κ3) is 23.6. The fraction of sp³-hybridized carbons (Fsp3) is 1.00. The Labute approximate surface area is 101 Å². The van der Waals surface area contributed by atoms with E-state index in [1.54, 1.807) is 0 Å². The predicted molar refractivity (Wildman–Crippen MR) is 70.5 cm³/mol. The average molecular weight is 233 g/mol. The quantitative estimate of drug-likeness (QED) is 0.693. The third-order valence-electron chi connectivity index (χ3n) is 1.96. The molecule has 0 radical (unpaired) electrons. The van der Waals surface area contributed by atoms with Crippen LogP contribution in [0.4, 0.5) is 0 Å². The number of nitrogens with two attached hydrogens (primary N) is 1. The summed E-state index contributed by atoms with van der Waals surface area (Å²) in [6, 6.07) is 0. The van der Waals surface area contributed by atoms with Crippen molar-refractivity contribution in [1.29, 1.82) is 0 Å². The monoisotopic (exact) mass is 233 g/mol. The maximum atomic E-state index is 8.40. The van der Waals surface area contributed by atoms with Gasteiger partial charge < -0.3 is 15.6 Å². The highest BCUT2D eigenvalue weighted by molar-refractivity contribution is 4.58. The van der Waals surface area contributed by atoms with E-state index in [0.717, 1.165) is 25.4 Å². The Morgan fingerprint density at radius 3 is 2.00 bits per heavy atom. The van der Waals surface area contributed by atoms with E-state index in [0.29, 0.717) is 25.2 Å². The van der Waals surface area contributed by atoms with Crippen molar-refractivity contribution in [3.63, 3.8) is 0 Å². The number of aliphatic hydroxyl groups excluding tert-OH is 1. The lowest BCUT2D eigenvalue weighted by Gasteiger charge is -2.14. The topological polar surface area (TPSA) is 55.5 Å². The molecule has 0 bridgehead atoms. The van der Waals surface area contributed by atoms with E-state index in [4.69, 9.17) is 15.6 Å². The summed E-state index contributed by atoms with van der Waals surface area (Å²) >= 11 is 0. The van der Waals surface area contributed by atoms with Gasteiger partial charge in [-0.05, 0) is 24.2 Å². The first kappa shape index (κ1) is 18.3. The molecule has 16 heavy (non-hydrogen) atoms. The molecule has 0 saturated carbocycles. The van der Waals surface area contributed by atoms with Crippen LogP contribution in [0.5, 0.6) is 0 Å². The molecule has 100 valence electrons. The van der Waals surface area contributed by atoms with Crippen LogP contribution >= 0.6 is 0 Å². The molecule has 0 fully saturated rings. The molecule has 0 aliphatic heterocycles. The summed E-state index contributed by atoms with van der Waals surface area (Å²) in [5, 5.41) is 8.40. The van der Waals surface area contributed by atoms with Gasteiger partial charge in [-0.15, -0.1) is 0 Å². The fourth-order valence-electron chi connectivity index (χ4n) is 0.840. The highest BCUT2D eigenvalue weighted by atomic mass is 16.5. The van der Waals surface area contributed by atoms with Crippen molar-refractivity contribution in [2.45, 2.75) is 47.5 Å². The molecule has 0 aliphatic carbocycles. The van der Waals surface area contributed by atoms with Gasteiger partial charge >= 0.3 is 0 Å². The minimum atomic E-state index is 0.300. The van der Waals surface area contributed by atoms with Gasteiger partial charge in [-0.3, -0.25) is 0 Å². The van der Waals surface area contributed by atoms with E-state index >= 15 is 0 Å². The lowest BCUT2D eigenvalue weighted by atomic mass is 9.93. The summed E-state index contributed by atoms with van der Waals surface area (Å²) in [7, 11) is 0. The number of rotatable bonds is 6.